The summed E-state index contributed by atoms with van der Waals surface area (Å²) in [6.07, 6.45) is 2.35. The molecule has 1 atom stereocenters. The maximum Gasteiger partial charge on any atom is 0.328 e. The fourth-order valence-corrected chi connectivity index (χ4v) is 3.71. The highest BCUT2D eigenvalue weighted by molar-refractivity contribution is 7.91. The molecule has 6 heteroatoms. The maximum absolute atomic E-state index is 12.7. The van der Waals surface area contributed by atoms with Gasteiger partial charge in [-0.1, -0.05) is 42.5 Å². The molecule has 0 saturated heterocycles. The van der Waals surface area contributed by atoms with Gasteiger partial charge in [0.25, 0.3) is 0 Å². The summed E-state index contributed by atoms with van der Waals surface area (Å²) < 4.78 is 25.3. The second kappa shape index (κ2) is 7.21. The smallest absolute Gasteiger partial charge is 0.328 e. The predicted molar refractivity (Wildman–Crippen MR) is 86.6 cm³/mol. The lowest BCUT2D eigenvalue weighted by atomic mass is 10.2. The molecule has 0 aliphatic rings. The number of hydrogen-bond donors (Lipinski definition) is 2. The van der Waals surface area contributed by atoms with Gasteiger partial charge in [-0.15, -0.1) is 0 Å². The van der Waals surface area contributed by atoms with Gasteiger partial charge in [0.2, 0.25) is 0 Å². The van der Waals surface area contributed by atoms with E-state index in [1.54, 1.807) is 30.3 Å². The van der Waals surface area contributed by atoms with Crippen molar-refractivity contribution in [3.8, 4) is 0 Å². The van der Waals surface area contributed by atoms with Gasteiger partial charge < -0.3 is 10.2 Å². The van der Waals surface area contributed by atoms with Crippen LogP contribution < -0.4 is 0 Å². The molecule has 0 bridgehead atoms. The highest BCUT2D eigenvalue weighted by Gasteiger charge is 2.28. The molecule has 0 fully saturated rings. The summed E-state index contributed by atoms with van der Waals surface area (Å²) in [6.45, 7) is -0.521. The molecule has 1 unspecified atom stereocenters. The summed E-state index contributed by atoms with van der Waals surface area (Å²) in [5.41, 5.74) is 1.09. The molecule has 2 aromatic carbocycles. The van der Waals surface area contributed by atoms with Crippen LogP contribution in [0.2, 0.25) is 0 Å². The van der Waals surface area contributed by atoms with Crippen LogP contribution in [0.4, 0.5) is 0 Å². The number of carbonyl (C=O) groups is 1. The quantitative estimate of drug-likeness (QED) is 0.792. The van der Waals surface area contributed by atoms with Gasteiger partial charge in [-0.3, -0.25) is 0 Å². The van der Waals surface area contributed by atoms with Gasteiger partial charge >= 0.3 is 5.97 Å². The van der Waals surface area contributed by atoms with Crippen molar-refractivity contribution in [2.45, 2.75) is 10.1 Å². The third-order valence-corrected chi connectivity index (χ3v) is 5.44. The van der Waals surface area contributed by atoms with E-state index in [0.29, 0.717) is 11.1 Å². The number of aliphatic hydroxyl groups excluding tert-OH is 1. The topological polar surface area (TPSA) is 91.7 Å². The number of benzene rings is 2. The molecule has 0 amide bonds. The second-order valence-electron chi connectivity index (χ2n) is 4.87. The average molecular weight is 332 g/mol. The van der Waals surface area contributed by atoms with Crippen LogP contribution >= 0.6 is 0 Å². The zero-order valence-corrected chi connectivity index (χ0v) is 13.0. The van der Waals surface area contributed by atoms with Gasteiger partial charge in [0.15, 0.2) is 9.84 Å². The van der Waals surface area contributed by atoms with Crippen LogP contribution in [0.5, 0.6) is 0 Å². The molecule has 2 aromatic rings. The van der Waals surface area contributed by atoms with E-state index in [0.717, 1.165) is 6.08 Å². The first-order chi connectivity index (χ1) is 10.9. The van der Waals surface area contributed by atoms with Crippen LogP contribution in [-0.2, 0) is 14.6 Å². The lowest BCUT2D eigenvalue weighted by Gasteiger charge is -2.16. The Hall–Kier alpha value is -2.44. The Morgan fingerprint density at radius 2 is 1.65 bits per heavy atom. The minimum atomic E-state index is -3.74. The molecule has 0 aliphatic carbocycles. The van der Waals surface area contributed by atoms with Crippen molar-refractivity contribution < 1.29 is 23.4 Å². The lowest BCUT2D eigenvalue weighted by Crippen LogP contribution is -2.17. The number of hydrogen-bond acceptors (Lipinski definition) is 4. The Balaban J connectivity index is 2.33. The van der Waals surface area contributed by atoms with Crippen molar-refractivity contribution in [3.63, 3.8) is 0 Å². The van der Waals surface area contributed by atoms with Crippen LogP contribution in [0, 0.1) is 0 Å². The Morgan fingerprint density at radius 1 is 1.04 bits per heavy atom. The molecule has 120 valence electrons. The molecule has 0 saturated carbocycles. The molecule has 23 heavy (non-hydrogen) atoms. The van der Waals surface area contributed by atoms with Crippen LogP contribution in [0.1, 0.15) is 16.4 Å². The van der Waals surface area contributed by atoms with Crippen molar-refractivity contribution in [2.24, 2.45) is 0 Å². The SMILES string of the molecule is O=C(O)C=Cc1ccc(S(=O)(=O)C(CO)c2ccccc2)cc1. The molecule has 0 heterocycles. The highest BCUT2D eigenvalue weighted by Crippen LogP contribution is 2.28. The normalized spacial score (nSPS) is 13.1. The van der Waals surface area contributed by atoms with E-state index in [1.165, 1.54) is 30.3 Å². The molecule has 2 N–H and O–H groups in total. The van der Waals surface area contributed by atoms with E-state index in [4.69, 9.17) is 5.11 Å². The van der Waals surface area contributed by atoms with Gasteiger partial charge in [-0.2, -0.15) is 0 Å². The zero-order valence-electron chi connectivity index (χ0n) is 12.2. The van der Waals surface area contributed by atoms with Gasteiger partial charge in [-0.05, 0) is 29.3 Å². The van der Waals surface area contributed by atoms with Gasteiger partial charge in [0.1, 0.15) is 5.25 Å². The monoisotopic (exact) mass is 332 g/mol. The highest BCUT2D eigenvalue weighted by atomic mass is 32.2. The minimum absolute atomic E-state index is 0.0767. The number of aliphatic hydroxyl groups is 1. The van der Waals surface area contributed by atoms with E-state index in [1.807, 2.05) is 0 Å². The Labute approximate surface area is 134 Å². The van der Waals surface area contributed by atoms with Gasteiger partial charge in [-0.25, -0.2) is 13.2 Å². The summed E-state index contributed by atoms with van der Waals surface area (Å²) in [4.78, 5) is 10.6. The van der Waals surface area contributed by atoms with Crippen molar-refractivity contribution in [3.05, 3.63) is 71.8 Å². The Bertz CT molecular complexity index is 793. The average Bonchev–Trinajstić information content (AvgIpc) is 2.55. The third kappa shape index (κ3) is 4.06. The zero-order chi connectivity index (χ0) is 16.9. The summed E-state index contributed by atoms with van der Waals surface area (Å²) in [5.74, 6) is -1.08. The molecular formula is C17H16O5S. The van der Waals surface area contributed by atoms with Crippen molar-refractivity contribution in [1.82, 2.24) is 0 Å². The number of carboxylic acids is 1. The summed E-state index contributed by atoms with van der Waals surface area (Å²) in [7, 11) is -3.74. The number of carboxylic acid groups (broad SMARTS) is 1. The largest absolute Gasteiger partial charge is 0.478 e. The van der Waals surface area contributed by atoms with E-state index in [2.05, 4.69) is 0 Å². The molecule has 5 nitrogen and oxygen atoms in total. The van der Waals surface area contributed by atoms with E-state index < -0.39 is 27.7 Å². The lowest BCUT2D eigenvalue weighted by molar-refractivity contribution is -0.131. The summed E-state index contributed by atoms with van der Waals surface area (Å²) >= 11 is 0. The predicted octanol–water partition coefficient (Wildman–Crippen LogP) is 2.29. The number of aliphatic carboxylic acids is 1. The van der Waals surface area contributed by atoms with E-state index in [9.17, 15) is 18.3 Å². The van der Waals surface area contributed by atoms with E-state index in [-0.39, 0.29) is 4.90 Å². The standard InChI is InChI=1S/C17H16O5S/c18-12-16(14-4-2-1-3-5-14)23(21,22)15-9-6-13(7-10-15)8-11-17(19)20/h1-11,16,18H,12H2,(H,19,20). The number of sulfone groups is 1. The molecular weight excluding hydrogens is 316 g/mol. The second-order valence-corrected chi connectivity index (χ2v) is 7.00. The molecule has 0 spiro atoms. The number of rotatable bonds is 6. The Kier molecular flexibility index (Phi) is 5.31. The van der Waals surface area contributed by atoms with Crippen molar-refractivity contribution in [1.29, 1.82) is 0 Å². The van der Waals surface area contributed by atoms with Crippen molar-refractivity contribution >= 4 is 21.9 Å². The first-order valence-electron chi connectivity index (χ1n) is 6.86. The molecule has 0 radical (unpaired) electrons. The van der Waals surface area contributed by atoms with Crippen LogP contribution in [0.3, 0.4) is 0 Å². The first kappa shape index (κ1) is 16.9. The first-order valence-corrected chi connectivity index (χ1v) is 8.40. The fraction of sp³-hybridized carbons (Fsp3) is 0.118. The van der Waals surface area contributed by atoms with E-state index >= 15 is 0 Å². The molecule has 0 aliphatic heterocycles. The summed E-state index contributed by atoms with van der Waals surface area (Å²) in [5, 5.41) is 17.1. The summed E-state index contributed by atoms with van der Waals surface area (Å²) in [6, 6.07) is 14.4. The van der Waals surface area contributed by atoms with Crippen LogP contribution in [0.15, 0.2) is 65.6 Å². The minimum Gasteiger partial charge on any atom is -0.478 e. The van der Waals surface area contributed by atoms with Gasteiger partial charge in [0.05, 0.1) is 11.5 Å². The maximum atomic E-state index is 12.7. The van der Waals surface area contributed by atoms with Crippen LogP contribution in [-0.4, -0.2) is 31.2 Å². The van der Waals surface area contributed by atoms with Gasteiger partial charge in [0, 0.05) is 6.08 Å². The van der Waals surface area contributed by atoms with Crippen LogP contribution in [0.25, 0.3) is 6.08 Å². The third-order valence-electron chi connectivity index (χ3n) is 3.34. The van der Waals surface area contributed by atoms with Crippen molar-refractivity contribution in [2.75, 3.05) is 6.61 Å². The fourth-order valence-electron chi connectivity index (χ4n) is 2.15. The molecule has 2 rings (SSSR count). The Morgan fingerprint density at radius 3 is 2.17 bits per heavy atom. The molecule has 0 aromatic heterocycles.